The molecule has 0 aliphatic carbocycles. The molecule has 1 aromatic heterocycles. The molecule has 0 aliphatic rings. The number of rotatable bonds is 9. The molecule has 1 heterocycles. The lowest BCUT2D eigenvalue weighted by molar-refractivity contribution is 0.0486. The number of unbranched alkanes of at least 4 members (excludes halogenated alkanes) is 6. The molecule has 1 atom stereocenters. The van der Waals surface area contributed by atoms with Gasteiger partial charge in [-0.1, -0.05) is 57.9 Å². The zero-order chi connectivity index (χ0) is 12.6. The molecule has 0 saturated carbocycles. The van der Waals surface area contributed by atoms with E-state index in [1.165, 1.54) is 38.5 Å². The van der Waals surface area contributed by atoms with Gasteiger partial charge in [0.05, 0.1) is 5.60 Å². The van der Waals surface area contributed by atoms with E-state index in [1.54, 1.807) is 11.3 Å². The van der Waals surface area contributed by atoms with Crippen molar-refractivity contribution in [1.82, 2.24) is 0 Å². The summed E-state index contributed by atoms with van der Waals surface area (Å²) >= 11 is 1.65. The second-order valence-corrected chi connectivity index (χ2v) is 6.07. The second kappa shape index (κ2) is 7.88. The SMILES string of the molecule is CCCCCCCCCC(C)(O)c1cccs1. The summed E-state index contributed by atoms with van der Waals surface area (Å²) in [7, 11) is 0. The summed E-state index contributed by atoms with van der Waals surface area (Å²) in [5.74, 6) is 0. The molecule has 0 radical (unpaired) electrons. The minimum Gasteiger partial charge on any atom is -0.385 e. The quantitative estimate of drug-likeness (QED) is 0.608. The Morgan fingerprint density at radius 2 is 1.76 bits per heavy atom. The van der Waals surface area contributed by atoms with Crippen LogP contribution in [0, 0.1) is 0 Å². The van der Waals surface area contributed by atoms with Crippen molar-refractivity contribution >= 4 is 11.3 Å². The third-order valence-corrected chi connectivity index (χ3v) is 4.44. The van der Waals surface area contributed by atoms with Gasteiger partial charge in [-0.2, -0.15) is 0 Å². The molecule has 1 unspecified atom stereocenters. The Kier molecular flexibility index (Phi) is 6.83. The van der Waals surface area contributed by atoms with Gasteiger partial charge in [0.25, 0.3) is 0 Å². The summed E-state index contributed by atoms with van der Waals surface area (Å²) < 4.78 is 0. The van der Waals surface area contributed by atoms with E-state index in [0.717, 1.165) is 17.7 Å². The van der Waals surface area contributed by atoms with E-state index in [1.807, 2.05) is 24.4 Å². The number of thiophene rings is 1. The molecule has 0 bridgehead atoms. The third-order valence-electron chi connectivity index (χ3n) is 3.32. The van der Waals surface area contributed by atoms with Crippen molar-refractivity contribution in [1.29, 1.82) is 0 Å². The second-order valence-electron chi connectivity index (χ2n) is 5.12. The lowest BCUT2D eigenvalue weighted by atomic mass is 9.96. The van der Waals surface area contributed by atoms with E-state index in [9.17, 15) is 5.11 Å². The molecular weight excluding hydrogens is 228 g/mol. The van der Waals surface area contributed by atoms with Crippen molar-refractivity contribution in [2.75, 3.05) is 0 Å². The van der Waals surface area contributed by atoms with Crippen LogP contribution in [0.25, 0.3) is 0 Å². The van der Waals surface area contributed by atoms with Gasteiger partial charge in [-0.3, -0.25) is 0 Å². The van der Waals surface area contributed by atoms with Crippen LogP contribution < -0.4 is 0 Å². The van der Waals surface area contributed by atoms with E-state index in [4.69, 9.17) is 0 Å². The van der Waals surface area contributed by atoms with Gasteiger partial charge >= 0.3 is 0 Å². The molecule has 98 valence electrons. The Bertz CT molecular complexity index is 277. The molecule has 0 spiro atoms. The maximum atomic E-state index is 10.3. The first-order valence-electron chi connectivity index (χ1n) is 6.93. The monoisotopic (exact) mass is 254 g/mol. The molecule has 1 aromatic rings. The normalized spacial score (nSPS) is 14.8. The van der Waals surface area contributed by atoms with Crippen molar-refractivity contribution in [3.63, 3.8) is 0 Å². The maximum absolute atomic E-state index is 10.3. The van der Waals surface area contributed by atoms with Gasteiger partial charge in [0.2, 0.25) is 0 Å². The molecular formula is C15H26OS. The van der Waals surface area contributed by atoms with E-state index in [-0.39, 0.29) is 0 Å². The average molecular weight is 254 g/mol. The highest BCUT2D eigenvalue weighted by Gasteiger charge is 2.22. The number of hydrogen-bond acceptors (Lipinski definition) is 2. The van der Waals surface area contributed by atoms with Gasteiger partial charge in [-0.15, -0.1) is 11.3 Å². The topological polar surface area (TPSA) is 20.2 Å². The Labute approximate surface area is 110 Å². The predicted octanol–water partition coefficient (Wildman–Crippen LogP) is 5.10. The lowest BCUT2D eigenvalue weighted by Crippen LogP contribution is -2.19. The average Bonchev–Trinajstić information content (AvgIpc) is 2.82. The summed E-state index contributed by atoms with van der Waals surface area (Å²) in [5, 5.41) is 12.4. The molecule has 17 heavy (non-hydrogen) atoms. The van der Waals surface area contributed by atoms with Gasteiger partial charge in [0.1, 0.15) is 0 Å². The molecule has 1 N–H and O–H groups in total. The molecule has 0 aromatic carbocycles. The standard InChI is InChI=1S/C15H26OS/c1-3-4-5-6-7-8-9-12-15(2,16)14-11-10-13-17-14/h10-11,13,16H,3-9,12H2,1-2H3. The highest BCUT2D eigenvalue weighted by atomic mass is 32.1. The summed E-state index contributed by atoms with van der Waals surface area (Å²) in [4.78, 5) is 1.10. The summed E-state index contributed by atoms with van der Waals surface area (Å²) in [6.45, 7) is 4.19. The van der Waals surface area contributed by atoms with Crippen LogP contribution >= 0.6 is 11.3 Å². The van der Waals surface area contributed by atoms with Gasteiger partial charge < -0.3 is 5.11 Å². The Hall–Kier alpha value is -0.340. The fraction of sp³-hybridized carbons (Fsp3) is 0.733. The molecule has 0 saturated heterocycles. The van der Waals surface area contributed by atoms with Crippen molar-refractivity contribution in [3.8, 4) is 0 Å². The van der Waals surface area contributed by atoms with Crippen molar-refractivity contribution in [2.24, 2.45) is 0 Å². The van der Waals surface area contributed by atoms with Gasteiger partial charge in [-0.25, -0.2) is 0 Å². The molecule has 1 rings (SSSR count). The van der Waals surface area contributed by atoms with Crippen LogP contribution in [0.4, 0.5) is 0 Å². The zero-order valence-corrected chi connectivity index (χ0v) is 12.1. The molecule has 0 amide bonds. The summed E-state index contributed by atoms with van der Waals surface area (Å²) in [6.07, 6.45) is 10.0. The predicted molar refractivity (Wildman–Crippen MR) is 76.5 cm³/mol. The highest BCUT2D eigenvalue weighted by molar-refractivity contribution is 7.10. The summed E-state index contributed by atoms with van der Waals surface area (Å²) in [5.41, 5.74) is -0.614. The number of aliphatic hydroxyl groups is 1. The van der Waals surface area contributed by atoms with E-state index >= 15 is 0 Å². The first kappa shape index (κ1) is 14.7. The fourth-order valence-electron chi connectivity index (χ4n) is 2.13. The summed E-state index contributed by atoms with van der Waals surface area (Å²) in [6, 6.07) is 4.05. The fourth-order valence-corrected chi connectivity index (χ4v) is 2.95. The van der Waals surface area contributed by atoms with Crippen LogP contribution in [0.15, 0.2) is 17.5 Å². The minimum atomic E-state index is -0.614. The van der Waals surface area contributed by atoms with Crippen molar-refractivity contribution < 1.29 is 5.11 Å². The third kappa shape index (κ3) is 5.69. The Morgan fingerprint density at radius 1 is 1.12 bits per heavy atom. The zero-order valence-electron chi connectivity index (χ0n) is 11.2. The highest BCUT2D eigenvalue weighted by Crippen LogP contribution is 2.30. The van der Waals surface area contributed by atoms with Crippen molar-refractivity contribution in [2.45, 2.75) is 70.8 Å². The lowest BCUT2D eigenvalue weighted by Gasteiger charge is -2.21. The van der Waals surface area contributed by atoms with Gasteiger partial charge in [0, 0.05) is 4.88 Å². The Morgan fingerprint density at radius 3 is 2.35 bits per heavy atom. The van der Waals surface area contributed by atoms with Crippen molar-refractivity contribution in [3.05, 3.63) is 22.4 Å². The Balaban J connectivity index is 2.10. The minimum absolute atomic E-state index is 0.614. The molecule has 2 heteroatoms. The van der Waals surface area contributed by atoms with E-state index in [2.05, 4.69) is 6.92 Å². The first-order valence-corrected chi connectivity index (χ1v) is 7.81. The van der Waals surface area contributed by atoms with Crippen LogP contribution in [0.1, 0.15) is 70.1 Å². The first-order chi connectivity index (χ1) is 8.17. The van der Waals surface area contributed by atoms with Crippen LogP contribution in [0.5, 0.6) is 0 Å². The number of hydrogen-bond donors (Lipinski definition) is 1. The van der Waals surface area contributed by atoms with Crippen LogP contribution in [0.3, 0.4) is 0 Å². The molecule has 0 aliphatic heterocycles. The van der Waals surface area contributed by atoms with Crippen LogP contribution in [-0.2, 0) is 5.60 Å². The van der Waals surface area contributed by atoms with E-state index in [0.29, 0.717) is 0 Å². The van der Waals surface area contributed by atoms with Gasteiger partial charge in [-0.05, 0) is 24.8 Å². The maximum Gasteiger partial charge on any atom is 0.0959 e. The van der Waals surface area contributed by atoms with Gasteiger partial charge in [0.15, 0.2) is 0 Å². The molecule has 0 fully saturated rings. The van der Waals surface area contributed by atoms with Crippen LogP contribution in [-0.4, -0.2) is 5.11 Å². The molecule has 1 nitrogen and oxygen atoms in total. The largest absolute Gasteiger partial charge is 0.385 e. The van der Waals surface area contributed by atoms with Crippen LogP contribution in [0.2, 0.25) is 0 Å². The smallest absolute Gasteiger partial charge is 0.0959 e. The van der Waals surface area contributed by atoms with E-state index < -0.39 is 5.60 Å².